The highest BCUT2D eigenvalue weighted by atomic mass is 15.0. The first-order chi connectivity index (χ1) is 7.92. The number of nitrogens with zero attached hydrogens (tertiary/aromatic N) is 2. The van der Waals surface area contributed by atoms with Crippen molar-refractivity contribution in [2.45, 2.75) is 25.4 Å². The van der Waals surface area contributed by atoms with Crippen LogP contribution in [-0.4, -0.2) is 15.6 Å². The molecule has 0 aliphatic heterocycles. The number of benzene rings is 1. The summed E-state index contributed by atoms with van der Waals surface area (Å²) >= 11 is 0. The van der Waals surface area contributed by atoms with Crippen molar-refractivity contribution < 1.29 is 0 Å². The Kier molecular flexibility index (Phi) is 2.46. The number of imidazole rings is 1. The first-order valence-electron chi connectivity index (χ1n) is 5.72. The zero-order chi connectivity index (χ0) is 10.8. The molecule has 1 fully saturated rings. The Balaban J connectivity index is 1.69. The van der Waals surface area contributed by atoms with Crippen molar-refractivity contribution in [3.8, 4) is 5.69 Å². The number of rotatable bonds is 4. The molecule has 3 heteroatoms. The van der Waals surface area contributed by atoms with Crippen LogP contribution < -0.4 is 5.32 Å². The molecule has 0 spiro atoms. The molecule has 16 heavy (non-hydrogen) atoms. The third-order valence-corrected chi connectivity index (χ3v) is 2.91. The normalized spacial score (nSPS) is 15.2. The fraction of sp³-hybridized carbons (Fsp3) is 0.308. The predicted molar refractivity (Wildman–Crippen MR) is 63.4 cm³/mol. The lowest BCUT2D eigenvalue weighted by Gasteiger charge is -2.05. The predicted octanol–water partition coefficient (Wildman–Crippen LogP) is 2.12. The topological polar surface area (TPSA) is 29.9 Å². The summed E-state index contributed by atoms with van der Waals surface area (Å²) < 4.78 is 2.01. The molecule has 1 aliphatic rings. The minimum absolute atomic E-state index is 0.772. The molecular formula is C13H15N3. The van der Waals surface area contributed by atoms with Crippen LogP contribution in [0, 0.1) is 0 Å². The highest BCUT2D eigenvalue weighted by Crippen LogP contribution is 2.19. The maximum absolute atomic E-state index is 4.04. The summed E-state index contributed by atoms with van der Waals surface area (Å²) in [4.78, 5) is 4.04. The van der Waals surface area contributed by atoms with Gasteiger partial charge in [0.15, 0.2) is 0 Å². The molecule has 1 aliphatic carbocycles. The van der Waals surface area contributed by atoms with Gasteiger partial charge >= 0.3 is 0 Å². The van der Waals surface area contributed by atoms with Gasteiger partial charge in [-0.05, 0) is 30.5 Å². The van der Waals surface area contributed by atoms with Crippen molar-refractivity contribution in [3.63, 3.8) is 0 Å². The summed E-state index contributed by atoms with van der Waals surface area (Å²) in [5.41, 5.74) is 2.50. The molecule has 0 radical (unpaired) electrons. The van der Waals surface area contributed by atoms with Crippen molar-refractivity contribution in [2.24, 2.45) is 0 Å². The quantitative estimate of drug-likeness (QED) is 0.843. The van der Waals surface area contributed by atoms with E-state index in [1.165, 1.54) is 18.4 Å². The molecule has 3 rings (SSSR count). The van der Waals surface area contributed by atoms with Gasteiger partial charge in [-0.2, -0.15) is 0 Å². The Hall–Kier alpha value is -1.61. The van der Waals surface area contributed by atoms with Gasteiger partial charge in [0.2, 0.25) is 0 Å². The molecule has 1 N–H and O–H groups in total. The van der Waals surface area contributed by atoms with Crippen LogP contribution in [-0.2, 0) is 6.54 Å². The molecule has 0 amide bonds. The Morgan fingerprint density at radius 1 is 1.25 bits per heavy atom. The fourth-order valence-corrected chi connectivity index (χ4v) is 1.75. The highest BCUT2D eigenvalue weighted by Gasteiger charge is 2.19. The van der Waals surface area contributed by atoms with Gasteiger partial charge in [-0.1, -0.05) is 12.1 Å². The van der Waals surface area contributed by atoms with Crippen molar-refractivity contribution >= 4 is 0 Å². The number of aromatic nitrogens is 2. The van der Waals surface area contributed by atoms with Gasteiger partial charge in [-0.25, -0.2) is 4.98 Å². The minimum Gasteiger partial charge on any atom is -0.310 e. The Morgan fingerprint density at radius 3 is 2.69 bits per heavy atom. The van der Waals surface area contributed by atoms with Crippen LogP contribution in [0.5, 0.6) is 0 Å². The summed E-state index contributed by atoms with van der Waals surface area (Å²) in [6.07, 6.45) is 8.25. The highest BCUT2D eigenvalue weighted by molar-refractivity contribution is 5.34. The Bertz CT molecular complexity index is 441. The van der Waals surface area contributed by atoms with E-state index in [0.717, 1.165) is 18.3 Å². The van der Waals surface area contributed by atoms with Gasteiger partial charge in [0, 0.05) is 30.7 Å². The zero-order valence-electron chi connectivity index (χ0n) is 9.13. The van der Waals surface area contributed by atoms with E-state index in [4.69, 9.17) is 0 Å². The van der Waals surface area contributed by atoms with Gasteiger partial charge in [-0.15, -0.1) is 0 Å². The second-order valence-electron chi connectivity index (χ2n) is 4.29. The van der Waals surface area contributed by atoms with E-state index in [-0.39, 0.29) is 0 Å². The summed E-state index contributed by atoms with van der Waals surface area (Å²) in [5.74, 6) is 0. The van der Waals surface area contributed by atoms with Crippen molar-refractivity contribution in [2.75, 3.05) is 0 Å². The minimum atomic E-state index is 0.772. The van der Waals surface area contributed by atoms with Gasteiger partial charge in [0.05, 0.1) is 6.33 Å². The SMILES string of the molecule is c1cn(-c2ccc(CNC3CC3)cc2)cn1. The average Bonchev–Trinajstić information content (AvgIpc) is 3.00. The van der Waals surface area contributed by atoms with Crippen LogP contribution in [0.2, 0.25) is 0 Å². The van der Waals surface area contributed by atoms with Gasteiger partial charge in [0.1, 0.15) is 0 Å². The molecule has 3 nitrogen and oxygen atoms in total. The fourth-order valence-electron chi connectivity index (χ4n) is 1.75. The standard InChI is InChI=1S/C13H15N3/c1-5-13(16-8-7-14-10-16)6-2-11(1)9-15-12-3-4-12/h1-2,5-8,10,12,15H,3-4,9H2. The van der Waals surface area contributed by atoms with E-state index < -0.39 is 0 Å². The zero-order valence-corrected chi connectivity index (χ0v) is 9.13. The number of hydrogen-bond donors (Lipinski definition) is 1. The molecule has 1 aromatic heterocycles. The molecule has 2 aromatic rings. The lowest BCUT2D eigenvalue weighted by atomic mass is 10.2. The second kappa shape index (κ2) is 4.10. The lowest BCUT2D eigenvalue weighted by molar-refractivity contribution is 0.688. The van der Waals surface area contributed by atoms with E-state index in [0.29, 0.717) is 0 Å². The van der Waals surface area contributed by atoms with E-state index in [1.807, 2.05) is 17.1 Å². The molecule has 1 aromatic carbocycles. The largest absolute Gasteiger partial charge is 0.310 e. The summed E-state index contributed by atoms with van der Waals surface area (Å²) in [6, 6.07) is 9.38. The van der Waals surface area contributed by atoms with Crippen LogP contribution in [0.15, 0.2) is 43.0 Å². The first-order valence-corrected chi connectivity index (χ1v) is 5.72. The molecule has 0 saturated heterocycles. The lowest BCUT2D eigenvalue weighted by Crippen LogP contribution is -2.15. The second-order valence-corrected chi connectivity index (χ2v) is 4.29. The molecule has 1 saturated carbocycles. The van der Waals surface area contributed by atoms with E-state index >= 15 is 0 Å². The monoisotopic (exact) mass is 213 g/mol. The van der Waals surface area contributed by atoms with Crippen molar-refractivity contribution in [1.29, 1.82) is 0 Å². The Labute approximate surface area is 95.1 Å². The van der Waals surface area contributed by atoms with Crippen LogP contribution >= 0.6 is 0 Å². The van der Waals surface area contributed by atoms with E-state index in [1.54, 1.807) is 6.20 Å². The maximum Gasteiger partial charge on any atom is 0.0991 e. The third-order valence-electron chi connectivity index (χ3n) is 2.91. The number of hydrogen-bond acceptors (Lipinski definition) is 2. The molecule has 0 atom stereocenters. The van der Waals surface area contributed by atoms with Crippen LogP contribution in [0.3, 0.4) is 0 Å². The van der Waals surface area contributed by atoms with Gasteiger partial charge in [0.25, 0.3) is 0 Å². The van der Waals surface area contributed by atoms with Gasteiger partial charge < -0.3 is 9.88 Å². The summed E-state index contributed by atoms with van der Waals surface area (Å²) in [5, 5.41) is 3.51. The average molecular weight is 213 g/mol. The molecule has 82 valence electrons. The molecule has 1 heterocycles. The van der Waals surface area contributed by atoms with Crippen LogP contribution in [0.25, 0.3) is 5.69 Å². The van der Waals surface area contributed by atoms with Crippen LogP contribution in [0.4, 0.5) is 0 Å². The van der Waals surface area contributed by atoms with Gasteiger partial charge in [-0.3, -0.25) is 0 Å². The smallest absolute Gasteiger partial charge is 0.0991 e. The molecule has 0 bridgehead atoms. The third kappa shape index (κ3) is 2.14. The number of nitrogens with one attached hydrogen (secondary N) is 1. The van der Waals surface area contributed by atoms with Crippen molar-refractivity contribution in [1.82, 2.24) is 14.9 Å². The molecule has 0 unspecified atom stereocenters. The Morgan fingerprint density at radius 2 is 2.06 bits per heavy atom. The summed E-state index contributed by atoms with van der Waals surface area (Å²) in [7, 11) is 0. The van der Waals surface area contributed by atoms with Crippen LogP contribution in [0.1, 0.15) is 18.4 Å². The van der Waals surface area contributed by atoms with E-state index in [2.05, 4.69) is 34.6 Å². The van der Waals surface area contributed by atoms with E-state index in [9.17, 15) is 0 Å². The molecular weight excluding hydrogens is 198 g/mol. The maximum atomic E-state index is 4.04. The first kappa shape index (κ1) is 9.60. The summed E-state index contributed by atoms with van der Waals surface area (Å²) in [6.45, 7) is 0.981. The van der Waals surface area contributed by atoms with Crippen molar-refractivity contribution in [3.05, 3.63) is 48.5 Å².